The van der Waals surface area contributed by atoms with Gasteiger partial charge in [-0.25, -0.2) is 0 Å². The van der Waals surface area contributed by atoms with Gasteiger partial charge in [-0.2, -0.15) is 0 Å². The molecule has 1 atom stereocenters. The first kappa shape index (κ1) is 76.1. The van der Waals surface area contributed by atoms with E-state index in [2.05, 4.69) is 81.5 Å². The average molecular weight is 1110 g/mol. The first-order chi connectivity index (χ1) is 39.0. The lowest BCUT2D eigenvalue weighted by molar-refractivity contribution is -0.167. The van der Waals surface area contributed by atoms with E-state index < -0.39 is 6.10 Å². The first-order valence-electron chi connectivity index (χ1n) is 34.8. The molecule has 79 heavy (non-hydrogen) atoms. The lowest BCUT2D eigenvalue weighted by Gasteiger charge is -2.18. The highest BCUT2D eigenvalue weighted by Gasteiger charge is 2.19. The number of hydrogen-bond donors (Lipinski definition) is 0. The molecule has 0 saturated heterocycles. The van der Waals surface area contributed by atoms with E-state index in [4.69, 9.17) is 14.2 Å². The van der Waals surface area contributed by atoms with E-state index in [1.165, 1.54) is 231 Å². The molecule has 0 aliphatic heterocycles. The topological polar surface area (TPSA) is 78.9 Å². The SMILES string of the molecule is CCCCC/C=C\C/C=C\C/C=C\CCCCCCCCC(=O)OC(COC(=O)CCCCCCCCC/C=C\C/C=C\CCCCC)COC(=O)CCCCCCCCCCCCCCCCCCCCCCCCCCC. The molecule has 0 heterocycles. The van der Waals surface area contributed by atoms with Crippen LogP contribution in [0.1, 0.15) is 367 Å². The number of hydrogen-bond acceptors (Lipinski definition) is 6. The van der Waals surface area contributed by atoms with E-state index in [0.29, 0.717) is 19.3 Å². The van der Waals surface area contributed by atoms with Crippen molar-refractivity contribution in [3.05, 3.63) is 60.8 Å². The molecular weight excluding hydrogens is 973 g/mol. The van der Waals surface area contributed by atoms with E-state index >= 15 is 0 Å². The van der Waals surface area contributed by atoms with Crippen LogP contribution >= 0.6 is 0 Å². The molecule has 6 heteroatoms. The zero-order chi connectivity index (χ0) is 57.1. The van der Waals surface area contributed by atoms with Gasteiger partial charge in [0.05, 0.1) is 0 Å². The van der Waals surface area contributed by atoms with Gasteiger partial charge in [-0.1, -0.05) is 319 Å². The lowest BCUT2D eigenvalue weighted by Crippen LogP contribution is -2.30. The van der Waals surface area contributed by atoms with Crippen molar-refractivity contribution in [3.8, 4) is 0 Å². The smallest absolute Gasteiger partial charge is 0.306 e. The van der Waals surface area contributed by atoms with Crippen LogP contribution in [-0.4, -0.2) is 37.2 Å². The Kier molecular flexibility index (Phi) is 65.1. The fraction of sp³-hybridized carbons (Fsp3) is 0.822. The van der Waals surface area contributed by atoms with E-state index in [0.717, 1.165) is 96.3 Å². The fourth-order valence-electron chi connectivity index (χ4n) is 10.2. The van der Waals surface area contributed by atoms with Crippen LogP contribution in [0.5, 0.6) is 0 Å². The largest absolute Gasteiger partial charge is 0.462 e. The van der Waals surface area contributed by atoms with Crippen LogP contribution in [0, 0.1) is 0 Å². The molecule has 6 nitrogen and oxygen atoms in total. The van der Waals surface area contributed by atoms with Crippen molar-refractivity contribution in [1.29, 1.82) is 0 Å². The third-order valence-corrected chi connectivity index (χ3v) is 15.5. The maximum atomic E-state index is 12.9. The predicted molar refractivity (Wildman–Crippen MR) is 344 cm³/mol. The zero-order valence-electron chi connectivity index (χ0n) is 52.9. The van der Waals surface area contributed by atoms with Crippen LogP contribution in [0.4, 0.5) is 0 Å². The van der Waals surface area contributed by atoms with Crippen molar-refractivity contribution in [3.63, 3.8) is 0 Å². The molecule has 0 saturated carbocycles. The summed E-state index contributed by atoms with van der Waals surface area (Å²) in [6.07, 6.45) is 86.7. The summed E-state index contributed by atoms with van der Waals surface area (Å²) in [5.74, 6) is -0.877. The normalized spacial score (nSPS) is 12.4. The molecule has 0 aromatic carbocycles. The molecule has 0 rings (SSSR count). The van der Waals surface area contributed by atoms with E-state index in [1.807, 2.05) is 0 Å². The fourth-order valence-corrected chi connectivity index (χ4v) is 10.2. The van der Waals surface area contributed by atoms with Crippen LogP contribution in [0.2, 0.25) is 0 Å². The maximum Gasteiger partial charge on any atom is 0.306 e. The minimum absolute atomic E-state index is 0.0788. The molecule has 0 fully saturated rings. The summed E-state index contributed by atoms with van der Waals surface area (Å²) in [4.78, 5) is 38.4. The van der Waals surface area contributed by atoms with Crippen molar-refractivity contribution in [1.82, 2.24) is 0 Å². The monoisotopic (exact) mass is 1110 g/mol. The highest BCUT2D eigenvalue weighted by atomic mass is 16.6. The summed E-state index contributed by atoms with van der Waals surface area (Å²) in [5.41, 5.74) is 0. The third kappa shape index (κ3) is 65.8. The summed E-state index contributed by atoms with van der Waals surface area (Å²) in [7, 11) is 0. The molecule has 0 bridgehead atoms. The van der Waals surface area contributed by atoms with Gasteiger partial charge in [0.25, 0.3) is 0 Å². The van der Waals surface area contributed by atoms with Crippen LogP contribution < -0.4 is 0 Å². The Balaban J connectivity index is 4.32. The highest BCUT2D eigenvalue weighted by Crippen LogP contribution is 2.18. The maximum absolute atomic E-state index is 12.9. The molecule has 0 spiro atoms. The molecule has 0 aliphatic rings. The van der Waals surface area contributed by atoms with Crippen molar-refractivity contribution >= 4 is 17.9 Å². The van der Waals surface area contributed by atoms with E-state index in [-0.39, 0.29) is 31.1 Å². The lowest BCUT2D eigenvalue weighted by atomic mass is 10.0. The van der Waals surface area contributed by atoms with Gasteiger partial charge in [0.2, 0.25) is 0 Å². The second-order valence-corrected chi connectivity index (χ2v) is 23.4. The van der Waals surface area contributed by atoms with Gasteiger partial charge in [-0.05, 0) is 89.9 Å². The third-order valence-electron chi connectivity index (χ3n) is 15.5. The predicted octanol–water partition coefficient (Wildman–Crippen LogP) is 23.9. The Hall–Kier alpha value is -2.89. The number of carbonyl (C=O) groups excluding carboxylic acids is 3. The van der Waals surface area contributed by atoms with Gasteiger partial charge >= 0.3 is 17.9 Å². The van der Waals surface area contributed by atoms with Crippen LogP contribution in [0.15, 0.2) is 60.8 Å². The summed E-state index contributed by atoms with van der Waals surface area (Å²) in [5, 5.41) is 0. The molecule has 0 radical (unpaired) electrons. The number of ether oxygens (including phenoxy) is 3. The summed E-state index contributed by atoms with van der Waals surface area (Å²) < 4.78 is 17.0. The Bertz CT molecular complexity index is 1410. The van der Waals surface area contributed by atoms with Gasteiger partial charge < -0.3 is 14.2 Å². The Morgan fingerprint density at radius 3 is 0.734 bits per heavy atom. The average Bonchev–Trinajstić information content (AvgIpc) is 3.45. The number of allylic oxidation sites excluding steroid dienone is 10. The molecule has 460 valence electrons. The number of rotatable bonds is 64. The van der Waals surface area contributed by atoms with Crippen LogP contribution in [-0.2, 0) is 28.6 Å². The molecule has 0 N–H and O–H groups in total. The standard InChI is InChI=1S/C73H132O6/c1-4-7-10-13-16-19-22-25-28-31-33-34-35-36-37-38-40-42-45-48-51-54-57-60-63-66-72(75)78-69-70(68-77-71(74)65-62-59-56-53-50-47-44-41-30-27-24-21-18-15-12-9-6-3)79-73(76)67-64-61-58-55-52-49-46-43-39-32-29-26-23-20-17-14-11-8-5-2/h17-18,20-21,26-27,29-30,39,43,70H,4-16,19,22-25,28,31-38,40-42,44-69H2,1-3H3/b20-17-,21-18-,29-26-,30-27-,43-39-. The van der Waals surface area contributed by atoms with Crippen molar-refractivity contribution in [2.24, 2.45) is 0 Å². The zero-order valence-corrected chi connectivity index (χ0v) is 52.9. The molecular formula is C73H132O6. The Morgan fingerprint density at radius 2 is 0.456 bits per heavy atom. The van der Waals surface area contributed by atoms with Gasteiger partial charge in [0, 0.05) is 19.3 Å². The first-order valence-corrected chi connectivity index (χ1v) is 34.8. The Morgan fingerprint density at radius 1 is 0.253 bits per heavy atom. The molecule has 0 aromatic rings. The molecule has 0 amide bonds. The van der Waals surface area contributed by atoms with Gasteiger partial charge in [0.1, 0.15) is 13.2 Å². The van der Waals surface area contributed by atoms with Crippen molar-refractivity contribution < 1.29 is 28.6 Å². The second-order valence-electron chi connectivity index (χ2n) is 23.4. The van der Waals surface area contributed by atoms with Crippen molar-refractivity contribution in [2.75, 3.05) is 13.2 Å². The molecule has 0 aliphatic carbocycles. The molecule has 0 aromatic heterocycles. The summed E-state index contributed by atoms with van der Waals surface area (Å²) in [6, 6.07) is 0. The van der Waals surface area contributed by atoms with E-state index in [1.54, 1.807) is 0 Å². The van der Waals surface area contributed by atoms with Crippen LogP contribution in [0.3, 0.4) is 0 Å². The summed E-state index contributed by atoms with van der Waals surface area (Å²) >= 11 is 0. The van der Waals surface area contributed by atoms with Gasteiger partial charge in [-0.15, -0.1) is 0 Å². The van der Waals surface area contributed by atoms with Crippen molar-refractivity contribution in [2.45, 2.75) is 374 Å². The highest BCUT2D eigenvalue weighted by molar-refractivity contribution is 5.71. The minimum Gasteiger partial charge on any atom is -0.462 e. The number of esters is 3. The molecule has 1 unspecified atom stereocenters. The quantitative estimate of drug-likeness (QED) is 0.0261. The summed E-state index contributed by atoms with van der Waals surface area (Å²) in [6.45, 7) is 6.63. The van der Waals surface area contributed by atoms with Gasteiger partial charge in [0.15, 0.2) is 6.10 Å². The minimum atomic E-state index is -0.785. The number of carbonyl (C=O) groups is 3. The van der Waals surface area contributed by atoms with Crippen LogP contribution in [0.25, 0.3) is 0 Å². The Labute approximate surface area is 491 Å². The van der Waals surface area contributed by atoms with Gasteiger partial charge in [-0.3, -0.25) is 14.4 Å². The van der Waals surface area contributed by atoms with E-state index in [9.17, 15) is 14.4 Å². The number of unbranched alkanes of at least 4 members (excludes halogenated alkanes) is 43. The second kappa shape index (κ2) is 67.6.